The minimum absolute atomic E-state index is 0.138. The number of hydrogen-bond donors (Lipinski definition) is 1. The Labute approximate surface area is 184 Å². The van der Waals surface area contributed by atoms with Gasteiger partial charge in [-0.15, -0.1) is 0 Å². The van der Waals surface area contributed by atoms with Gasteiger partial charge in [0.05, 0.1) is 7.11 Å². The van der Waals surface area contributed by atoms with Crippen LogP contribution in [0.25, 0.3) is 0 Å². The van der Waals surface area contributed by atoms with Crippen LogP contribution in [0.2, 0.25) is 0 Å². The number of nitrogens with one attached hydrogen (secondary N) is 1. The summed E-state index contributed by atoms with van der Waals surface area (Å²) in [4.78, 5) is 17.5. The molecule has 1 saturated heterocycles. The van der Waals surface area contributed by atoms with Crippen LogP contribution in [0.3, 0.4) is 0 Å². The number of carbonyl (C=O) groups is 1. The molecule has 1 amide bonds. The van der Waals surface area contributed by atoms with Crippen molar-refractivity contribution in [1.29, 1.82) is 0 Å². The molecule has 0 aromatic heterocycles. The Hall–Kier alpha value is -3.31. The lowest BCUT2D eigenvalue weighted by atomic mass is 10.1. The smallest absolute Gasteiger partial charge is 0.255 e. The molecular weight excluding hydrogens is 386 g/mol. The molecular formula is C26H29N3O2. The van der Waals surface area contributed by atoms with Crippen molar-refractivity contribution < 1.29 is 9.53 Å². The summed E-state index contributed by atoms with van der Waals surface area (Å²) in [6.45, 7) is 7.05. The third-order valence-corrected chi connectivity index (χ3v) is 5.78. The summed E-state index contributed by atoms with van der Waals surface area (Å²) >= 11 is 0. The first-order valence-electron chi connectivity index (χ1n) is 10.7. The summed E-state index contributed by atoms with van der Waals surface area (Å²) in [6, 6.07) is 24.2. The van der Waals surface area contributed by atoms with Crippen molar-refractivity contribution in [1.82, 2.24) is 4.90 Å². The van der Waals surface area contributed by atoms with Crippen molar-refractivity contribution in [3.05, 3.63) is 89.5 Å². The van der Waals surface area contributed by atoms with E-state index in [1.807, 2.05) is 31.2 Å². The van der Waals surface area contributed by atoms with E-state index in [0.717, 1.165) is 49.7 Å². The van der Waals surface area contributed by atoms with Crippen LogP contribution in [0, 0.1) is 6.92 Å². The number of rotatable bonds is 6. The fourth-order valence-electron chi connectivity index (χ4n) is 3.93. The maximum Gasteiger partial charge on any atom is 0.255 e. The molecule has 31 heavy (non-hydrogen) atoms. The van der Waals surface area contributed by atoms with Crippen LogP contribution in [0.4, 0.5) is 11.4 Å². The highest BCUT2D eigenvalue weighted by Gasteiger charge is 2.17. The first-order valence-corrected chi connectivity index (χ1v) is 10.7. The Morgan fingerprint density at radius 3 is 2.32 bits per heavy atom. The van der Waals surface area contributed by atoms with Gasteiger partial charge in [0.15, 0.2) is 0 Å². The molecule has 5 heteroatoms. The summed E-state index contributed by atoms with van der Waals surface area (Å²) in [7, 11) is 1.62. The monoisotopic (exact) mass is 415 g/mol. The van der Waals surface area contributed by atoms with Gasteiger partial charge in [0.1, 0.15) is 5.75 Å². The second-order valence-electron chi connectivity index (χ2n) is 7.93. The van der Waals surface area contributed by atoms with Gasteiger partial charge in [-0.1, -0.05) is 36.4 Å². The fraction of sp³-hybridized carbons (Fsp3) is 0.269. The summed E-state index contributed by atoms with van der Waals surface area (Å²) in [5.74, 6) is 0.579. The van der Waals surface area contributed by atoms with E-state index in [1.54, 1.807) is 13.2 Å². The standard InChI is InChI=1S/C26H29N3O2/c1-20-8-9-22(18-25(20)31-2)26(30)27-23-10-12-24(13-11-23)29-16-14-28(15-17-29)19-21-6-4-3-5-7-21/h3-13,18H,14-17,19H2,1-2H3,(H,27,30). The van der Waals surface area contributed by atoms with Gasteiger partial charge in [0.25, 0.3) is 5.91 Å². The second kappa shape index (κ2) is 9.67. The predicted molar refractivity (Wildman–Crippen MR) is 126 cm³/mol. The number of anilines is 2. The molecule has 0 aliphatic carbocycles. The lowest BCUT2D eigenvalue weighted by Gasteiger charge is -2.36. The summed E-state index contributed by atoms with van der Waals surface area (Å²) < 4.78 is 5.32. The molecule has 1 fully saturated rings. The molecule has 0 radical (unpaired) electrons. The number of piperazine rings is 1. The van der Waals surface area contributed by atoms with Crippen molar-refractivity contribution in [2.45, 2.75) is 13.5 Å². The molecule has 3 aromatic carbocycles. The molecule has 1 N–H and O–H groups in total. The Balaban J connectivity index is 1.32. The number of nitrogens with zero attached hydrogens (tertiary/aromatic N) is 2. The first-order chi connectivity index (χ1) is 15.1. The Bertz CT molecular complexity index is 1010. The number of carbonyl (C=O) groups excluding carboxylic acids is 1. The van der Waals surface area contributed by atoms with Crippen LogP contribution < -0.4 is 15.0 Å². The lowest BCUT2D eigenvalue weighted by molar-refractivity contribution is 0.102. The van der Waals surface area contributed by atoms with E-state index in [0.29, 0.717) is 5.56 Å². The van der Waals surface area contributed by atoms with Crippen LogP contribution >= 0.6 is 0 Å². The fourth-order valence-corrected chi connectivity index (χ4v) is 3.93. The molecule has 1 aliphatic heterocycles. The summed E-state index contributed by atoms with van der Waals surface area (Å²) in [5, 5.41) is 2.97. The zero-order valence-corrected chi connectivity index (χ0v) is 18.2. The normalized spacial score (nSPS) is 14.3. The third-order valence-electron chi connectivity index (χ3n) is 5.78. The van der Waals surface area contributed by atoms with Gasteiger partial charge in [-0.05, 0) is 54.4 Å². The molecule has 160 valence electrons. The number of methoxy groups -OCH3 is 1. The number of hydrogen-bond acceptors (Lipinski definition) is 4. The van der Waals surface area contributed by atoms with Gasteiger partial charge < -0.3 is 15.0 Å². The Kier molecular flexibility index (Phi) is 6.53. The number of benzene rings is 3. The van der Waals surface area contributed by atoms with Crippen molar-refractivity contribution in [2.75, 3.05) is 43.5 Å². The van der Waals surface area contributed by atoms with Gasteiger partial charge in [0.2, 0.25) is 0 Å². The van der Waals surface area contributed by atoms with Crippen molar-refractivity contribution >= 4 is 17.3 Å². The van der Waals surface area contributed by atoms with Gasteiger partial charge in [-0.25, -0.2) is 0 Å². The zero-order valence-electron chi connectivity index (χ0n) is 18.2. The van der Waals surface area contributed by atoms with Gasteiger partial charge in [0, 0.05) is 49.7 Å². The van der Waals surface area contributed by atoms with Gasteiger partial charge in [-0.3, -0.25) is 9.69 Å². The van der Waals surface area contributed by atoms with E-state index in [4.69, 9.17) is 4.74 Å². The molecule has 0 bridgehead atoms. The molecule has 0 spiro atoms. The maximum atomic E-state index is 12.6. The van der Waals surface area contributed by atoms with Crippen LogP contribution in [0.1, 0.15) is 21.5 Å². The van der Waals surface area contributed by atoms with Crippen LogP contribution in [0.15, 0.2) is 72.8 Å². The van der Waals surface area contributed by atoms with Crippen LogP contribution in [-0.4, -0.2) is 44.1 Å². The maximum absolute atomic E-state index is 12.6. The molecule has 4 rings (SSSR count). The highest BCUT2D eigenvalue weighted by atomic mass is 16.5. The minimum Gasteiger partial charge on any atom is -0.496 e. The Morgan fingerprint density at radius 2 is 1.65 bits per heavy atom. The van der Waals surface area contributed by atoms with E-state index in [9.17, 15) is 4.79 Å². The molecule has 3 aromatic rings. The van der Waals surface area contributed by atoms with Gasteiger partial charge >= 0.3 is 0 Å². The molecule has 0 unspecified atom stereocenters. The second-order valence-corrected chi connectivity index (χ2v) is 7.93. The highest BCUT2D eigenvalue weighted by molar-refractivity contribution is 6.04. The highest BCUT2D eigenvalue weighted by Crippen LogP contribution is 2.22. The summed E-state index contributed by atoms with van der Waals surface area (Å²) in [6.07, 6.45) is 0. The SMILES string of the molecule is COc1cc(C(=O)Nc2ccc(N3CCN(Cc4ccccc4)CC3)cc2)ccc1C. The van der Waals surface area contributed by atoms with Crippen LogP contribution in [0.5, 0.6) is 5.75 Å². The largest absolute Gasteiger partial charge is 0.496 e. The molecule has 1 heterocycles. The predicted octanol–water partition coefficient (Wildman–Crippen LogP) is 4.58. The van der Waals surface area contributed by atoms with E-state index < -0.39 is 0 Å². The number of ether oxygens (including phenoxy) is 1. The van der Waals surface area contributed by atoms with Crippen molar-refractivity contribution in [3.8, 4) is 5.75 Å². The first kappa shape index (κ1) is 20.9. The molecule has 0 atom stereocenters. The number of aryl methyl sites for hydroxylation is 1. The van der Waals surface area contributed by atoms with Gasteiger partial charge in [-0.2, -0.15) is 0 Å². The molecule has 5 nitrogen and oxygen atoms in total. The topological polar surface area (TPSA) is 44.8 Å². The summed E-state index contributed by atoms with van der Waals surface area (Å²) in [5.41, 5.74) is 4.93. The van der Waals surface area contributed by atoms with E-state index in [1.165, 1.54) is 11.3 Å². The van der Waals surface area contributed by atoms with Crippen LogP contribution in [-0.2, 0) is 6.54 Å². The number of amides is 1. The van der Waals surface area contributed by atoms with Crippen molar-refractivity contribution in [2.24, 2.45) is 0 Å². The minimum atomic E-state index is -0.138. The molecule has 1 aliphatic rings. The average molecular weight is 416 g/mol. The molecule has 0 saturated carbocycles. The van der Waals surface area contributed by atoms with E-state index in [-0.39, 0.29) is 5.91 Å². The third kappa shape index (κ3) is 5.25. The van der Waals surface area contributed by atoms with E-state index >= 15 is 0 Å². The van der Waals surface area contributed by atoms with E-state index in [2.05, 4.69) is 57.6 Å². The zero-order chi connectivity index (χ0) is 21.6. The quantitative estimate of drug-likeness (QED) is 0.640. The lowest BCUT2D eigenvalue weighted by Crippen LogP contribution is -2.45. The Morgan fingerprint density at radius 1 is 0.935 bits per heavy atom. The average Bonchev–Trinajstić information content (AvgIpc) is 2.81. The van der Waals surface area contributed by atoms with Crippen molar-refractivity contribution in [3.63, 3.8) is 0 Å².